The van der Waals surface area contributed by atoms with Crippen LogP contribution >= 0.6 is 11.8 Å². The summed E-state index contributed by atoms with van der Waals surface area (Å²) < 4.78 is 0. The fourth-order valence-electron chi connectivity index (χ4n) is 2.49. The van der Waals surface area contributed by atoms with Gasteiger partial charge in [-0.3, -0.25) is 0 Å². The summed E-state index contributed by atoms with van der Waals surface area (Å²) in [5.41, 5.74) is 2.76. The first kappa shape index (κ1) is 15.1. The van der Waals surface area contributed by atoms with Crippen molar-refractivity contribution in [2.24, 2.45) is 0 Å². The van der Waals surface area contributed by atoms with Crippen LogP contribution in [0.2, 0.25) is 0 Å². The molecule has 1 N–H and O–H groups in total. The number of likely N-dealkylation sites (N-methyl/N-ethyl adjacent to an activating group) is 1. The Labute approximate surface area is 126 Å². The van der Waals surface area contributed by atoms with Crippen LogP contribution in [0, 0.1) is 0 Å². The van der Waals surface area contributed by atoms with Crippen LogP contribution in [0.4, 0.5) is 0 Å². The molecule has 0 aliphatic carbocycles. The molecule has 0 fully saturated rings. The lowest BCUT2D eigenvalue weighted by Crippen LogP contribution is -2.25. The molecular weight excluding hydrogens is 262 g/mol. The van der Waals surface area contributed by atoms with Gasteiger partial charge in [0.15, 0.2) is 0 Å². The van der Waals surface area contributed by atoms with Crippen LogP contribution in [0.1, 0.15) is 36.3 Å². The van der Waals surface area contributed by atoms with Gasteiger partial charge in [-0.05, 0) is 23.4 Å². The van der Waals surface area contributed by atoms with E-state index in [9.17, 15) is 0 Å². The molecule has 1 nitrogen and oxygen atoms in total. The molecule has 20 heavy (non-hydrogen) atoms. The third-order valence-corrected chi connectivity index (χ3v) is 4.60. The largest absolute Gasteiger partial charge is 0.309 e. The fourth-order valence-corrected chi connectivity index (χ4v) is 3.64. The van der Waals surface area contributed by atoms with Gasteiger partial charge in [0.05, 0.1) is 0 Å². The highest BCUT2D eigenvalue weighted by Crippen LogP contribution is 2.39. The number of nitrogens with one attached hydrogen (secondary N) is 1. The van der Waals surface area contributed by atoms with Crippen LogP contribution in [0.3, 0.4) is 0 Å². The monoisotopic (exact) mass is 285 g/mol. The first-order valence-electron chi connectivity index (χ1n) is 7.31. The van der Waals surface area contributed by atoms with E-state index in [-0.39, 0.29) is 0 Å². The van der Waals surface area contributed by atoms with E-state index in [0.717, 1.165) is 12.3 Å². The highest BCUT2D eigenvalue weighted by Gasteiger charge is 2.23. The Morgan fingerprint density at radius 2 is 1.40 bits per heavy atom. The van der Waals surface area contributed by atoms with Gasteiger partial charge in [-0.2, -0.15) is 11.8 Å². The van der Waals surface area contributed by atoms with E-state index < -0.39 is 0 Å². The Morgan fingerprint density at radius 1 is 0.850 bits per heavy atom. The second kappa shape index (κ2) is 8.13. The number of thioether (sulfide) groups is 1. The third-order valence-electron chi connectivity index (χ3n) is 3.36. The molecule has 0 amide bonds. The van der Waals surface area contributed by atoms with Crippen LogP contribution in [0.15, 0.2) is 60.7 Å². The zero-order valence-corrected chi connectivity index (χ0v) is 13.1. The molecule has 106 valence electrons. The molecule has 0 aliphatic heterocycles. The van der Waals surface area contributed by atoms with E-state index in [0.29, 0.717) is 11.3 Å². The number of hydrogen-bond donors (Lipinski definition) is 1. The van der Waals surface area contributed by atoms with Gasteiger partial charge in [-0.1, -0.05) is 74.5 Å². The summed E-state index contributed by atoms with van der Waals surface area (Å²) in [5, 5.41) is 4.11. The summed E-state index contributed by atoms with van der Waals surface area (Å²) in [5.74, 6) is 1.12. The fraction of sp³-hybridized carbons (Fsp3) is 0.333. The first-order chi connectivity index (χ1) is 9.86. The molecule has 2 atom stereocenters. The number of hydrogen-bond acceptors (Lipinski definition) is 2. The average Bonchev–Trinajstić information content (AvgIpc) is 2.52. The molecule has 2 aromatic carbocycles. The second-order valence-corrected chi connectivity index (χ2v) is 6.15. The summed E-state index contributed by atoms with van der Waals surface area (Å²) >= 11 is 2.01. The van der Waals surface area contributed by atoms with Crippen molar-refractivity contribution in [2.75, 3.05) is 12.3 Å². The maximum Gasteiger partial charge on any atom is 0.0492 e. The second-order valence-electron chi connectivity index (χ2n) is 4.73. The van der Waals surface area contributed by atoms with E-state index in [2.05, 4.69) is 79.8 Å². The first-order valence-corrected chi connectivity index (χ1v) is 8.36. The molecule has 0 saturated heterocycles. The molecule has 2 unspecified atom stereocenters. The molecule has 2 heteroatoms. The summed E-state index contributed by atoms with van der Waals surface area (Å²) in [7, 11) is 0. The SMILES string of the molecule is CCNC(c1ccccc1)C(SCC)c1ccccc1. The quantitative estimate of drug-likeness (QED) is 0.782. The average molecular weight is 285 g/mol. The summed E-state index contributed by atoms with van der Waals surface area (Å²) in [6.07, 6.45) is 0. The summed E-state index contributed by atoms with van der Waals surface area (Å²) in [6, 6.07) is 21.9. The van der Waals surface area contributed by atoms with Gasteiger partial charge in [-0.25, -0.2) is 0 Å². The van der Waals surface area contributed by atoms with Gasteiger partial charge in [0.1, 0.15) is 0 Å². The highest BCUT2D eigenvalue weighted by atomic mass is 32.2. The van der Waals surface area contributed by atoms with E-state index in [1.54, 1.807) is 0 Å². The van der Waals surface area contributed by atoms with Crippen molar-refractivity contribution < 1.29 is 0 Å². The predicted molar refractivity (Wildman–Crippen MR) is 90.2 cm³/mol. The number of benzene rings is 2. The number of rotatable bonds is 7. The minimum atomic E-state index is 0.355. The van der Waals surface area contributed by atoms with Crippen molar-refractivity contribution in [3.05, 3.63) is 71.8 Å². The van der Waals surface area contributed by atoms with Crippen LogP contribution in [-0.2, 0) is 0 Å². The maximum atomic E-state index is 3.66. The van der Waals surface area contributed by atoms with Crippen molar-refractivity contribution in [2.45, 2.75) is 25.1 Å². The normalized spacial score (nSPS) is 13.9. The Morgan fingerprint density at radius 3 is 1.90 bits per heavy atom. The van der Waals surface area contributed by atoms with E-state index in [4.69, 9.17) is 0 Å². The molecule has 0 aliphatic rings. The molecule has 0 heterocycles. The predicted octanol–water partition coefficient (Wildman–Crippen LogP) is 4.83. The summed E-state index contributed by atoms with van der Waals surface area (Å²) in [4.78, 5) is 0. The molecule has 2 rings (SSSR count). The lowest BCUT2D eigenvalue weighted by atomic mass is 9.98. The van der Waals surface area contributed by atoms with E-state index >= 15 is 0 Å². The lowest BCUT2D eigenvalue weighted by molar-refractivity contribution is 0.541. The van der Waals surface area contributed by atoms with Gasteiger partial charge in [0, 0.05) is 11.3 Å². The topological polar surface area (TPSA) is 12.0 Å². The van der Waals surface area contributed by atoms with Gasteiger partial charge >= 0.3 is 0 Å². The van der Waals surface area contributed by atoms with Crippen molar-refractivity contribution in [1.29, 1.82) is 0 Å². The van der Waals surface area contributed by atoms with Crippen molar-refractivity contribution in [3.8, 4) is 0 Å². The van der Waals surface area contributed by atoms with Crippen LogP contribution in [0.5, 0.6) is 0 Å². The standard InChI is InChI=1S/C18H23NS/c1-3-19-17(15-11-7-5-8-12-15)18(20-4-2)16-13-9-6-10-14-16/h5-14,17-19H,3-4H2,1-2H3. The van der Waals surface area contributed by atoms with Gasteiger partial charge in [-0.15, -0.1) is 0 Å². The molecular formula is C18H23NS. The lowest BCUT2D eigenvalue weighted by Gasteiger charge is -2.28. The van der Waals surface area contributed by atoms with Gasteiger partial charge in [0.2, 0.25) is 0 Å². The van der Waals surface area contributed by atoms with Crippen molar-refractivity contribution in [1.82, 2.24) is 5.32 Å². The Balaban J connectivity index is 2.33. The molecule has 2 aromatic rings. The molecule has 0 spiro atoms. The highest BCUT2D eigenvalue weighted by molar-refractivity contribution is 7.99. The molecule has 0 bridgehead atoms. The zero-order valence-electron chi connectivity index (χ0n) is 12.3. The van der Waals surface area contributed by atoms with Crippen LogP contribution < -0.4 is 5.32 Å². The molecule has 0 aromatic heterocycles. The Hall–Kier alpha value is -1.25. The smallest absolute Gasteiger partial charge is 0.0492 e. The van der Waals surface area contributed by atoms with Gasteiger partial charge in [0.25, 0.3) is 0 Å². The third kappa shape index (κ3) is 3.87. The molecule has 0 radical (unpaired) electrons. The summed E-state index contributed by atoms with van der Waals surface area (Å²) in [6.45, 7) is 5.39. The van der Waals surface area contributed by atoms with Gasteiger partial charge < -0.3 is 5.32 Å². The van der Waals surface area contributed by atoms with Crippen molar-refractivity contribution in [3.63, 3.8) is 0 Å². The Bertz CT molecular complexity index is 436. The maximum absolute atomic E-state index is 3.66. The minimum Gasteiger partial charge on any atom is -0.309 e. The van der Waals surface area contributed by atoms with E-state index in [1.807, 2.05) is 11.8 Å². The zero-order chi connectivity index (χ0) is 14.2. The molecule has 0 saturated carbocycles. The van der Waals surface area contributed by atoms with Crippen molar-refractivity contribution >= 4 is 11.8 Å². The van der Waals surface area contributed by atoms with Crippen LogP contribution in [0.25, 0.3) is 0 Å². The van der Waals surface area contributed by atoms with E-state index in [1.165, 1.54) is 11.1 Å². The van der Waals surface area contributed by atoms with Crippen LogP contribution in [-0.4, -0.2) is 12.3 Å². The minimum absolute atomic E-state index is 0.355. The Kier molecular flexibility index (Phi) is 6.16.